The van der Waals surface area contributed by atoms with Gasteiger partial charge in [0.2, 0.25) is 0 Å². The quantitative estimate of drug-likeness (QED) is 0.779. The van der Waals surface area contributed by atoms with Crippen molar-refractivity contribution >= 4 is 29.1 Å². The van der Waals surface area contributed by atoms with E-state index in [4.69, 9.17) is 23.2 Å². The first-order valence-corrected chi connectivity index (χ1v) is 8.15. The van der Waals surface area contributed by atoms with E-state index in [1.54, 1.807) is 24.3 Å². The molecule has 0 aliphatic carbocycles. The fourth-order valence-electron chi connectivity index (χ4n) is 2.19. The average Bonchev–Trinajstić information content (AvgIpc) is 2.52. The minimum Gasteiger partial charge on any atom is -0.333 e. The van der Waals surface area contributed by atoms with E-state index in [2.05, 4.69) is 4.90 Å². The summed E-state index contributed by atoms with van der Waals surface area (Å²) in [5.74, 6) is -0.0238. The third-order valence-electron chi connectivity index (χ3n) is 3.46. The monoisotopic (exact) mass is 350 g/mol. The molecule has 0 aromatic heterocycles. The summed E-state index contributed by atoms with van der Waals surface area (Å²) >= 11 is 11.9. The summed E-state index contributed by atoms with van der Waals surface area (Å²) in [5.41, 5.74) is 1.65. The number of hydrogen-bond donors (Lipinski definition) is 0. The van der Waals surface area contributed by atoms with Gasteiger partial charge in [0.15, 0.2) is 0 Å². The number of hydrogen-bond acceptors (Lipinski definition) is 2. The van der Waals surface area contributed by atoms with E-state index in [-0.39, 0.29) is 5.91 Å². The van der Waals surface area contributed by atoms with Crippen LogP contribution in [0.25, 0.3) is 0 Å². The van der Waals surface area contributed by atoms with Gasteiger partial charge in [-0.05, 0) is 50.0 Å². The van der Waals surface area contributed by atoms with Crippen LogP contribution < -0.4 is 0 Å². The SMILES string of the molecule is CN(C)CCN(Cc1ccc(Cl)cc1)C(=O)c1cccc(Cl)c1. The molecule has 2 rings (SSSR count). The Morgan fingerprint density at radius 1 is 0.957 bits per heavy atom. The van der Waals surface area contributed by atoms with Crippen LogP contribution in [-0.4, -0.2) is 42.9 Å². The van der Waals surface area contributed by atoms with Gasteiger partial charge in [-0.1, -0.05) is 41.4 Å². The van der Waals surface area contributed by atoms with Crippen LogP contribution in [0.3, 0.4) is 0 Å². The van der Waals surface area contributed by atoms with Gasteiger partial charge in [-0.3, -0.25) is 4.79 Å². The van der Waals surface area contributed by atoms with Gasteiger partial charge in [-0.15, -0.1) is 0 Å². The van der Waals surface area contributed by atoms with E-state index in [1.807, 2.05) is 43.3 Å². The van der Waals surface area contributed by atoms with Crippen LogP contribution in [0.5, 0.6) is 0 Å². The van der Waals surface area contributed by atoms with E-state index in [1.165, 1.54) is 0 Å². The van der Waals surface area contributed by atoms with Crippen molar-refractivity contribution in [2.45, 2.75) is 6.54 Å². The number of likely N-dealkylation sites (N-methyl/N-ethyl adjacent to an activating group) is 1. The van der Waals surface area contributed by atoms with E-state index in [0.29, 0.717) is 28.7 Å². The molecule has 0 N–H and O–H groups in total. The predicted molar refractivity (Wildman–Crippen MR) is 96.2 cm³/mol. The van der Waals surface area contributed by atoms with Gasteiger partial charge in [0.05, 0.1) is 0 Å². The van der Waals surface area contributed by atoms with Crippen molar-refractivity contribution in [3.05, 3.63) is 69.7 Å². The van der Waals surface area contributed by atoms with E-state index < -0.39 is 0 Å². The molecule has 0 aliphatic rings. The lowest BCUT2D eigenvalue weighted by molar-refractivity contribution is 0.0732. The van der Waals surface area contributed by atoms with Crippen molar-refractivity contribution in [3.8, 4) is 0 Å². The number of carbonyl (C=O) groups is 1. The molecular weight excluding hydrogens is 331 g/mol. The van der Waals surface area contributed by atoms with Crippen molar-refractivity contribution in [2.24, 2.45) is 0 Å². The van der Waals surface area contributed by atoms with E-state index in [0.717, 1.165) is 12.1 Å². The maximum Gasteiger partial charge on any atom is 0.254 e. The van der Waals surface area contributed by atoms with Crippen LogP contribution in [0.2, 0.25) is 10.0 Å². The summed E-state index contributed by atoms with van der Waals surface area (Å²) in [7, 11) is 3.98. The van der Waals surface area contributed by atoms with Crippen LogP contribution >= 0.6 is 23.2 Å². The van der Waals surface area contributed by atoms with Gasteiger partial charge in [0.25, 0.3) is 5.91 Å². The van der Waals surface area contributed by atoms with Crippen molar-refractivity contribution in [1.29, 1.82) is 0 Å². The maximum absolute atomic E-state index is 12.8. The standard InChI is InChI=1S/C18H20Cl2N2O/c1-21(2)10-11-22(13-14-6-8-16(19)9-7-14)18(23)15-4-3-5-17(20)12-15/h3-9,12H,10-11,13H2,1-2H3. The van der Waals surface area contributed by atoms with Crippen LogP contribution in [-0.2, 0) is 6.54 Å². The Balaban J connectivity index is 2.18. The maximum atomic E-state index is 12.8. The largest absolute Gasteiger partial charge is 0.333 e. The Labute approximate surface area is 147 Å². The fourth-order valence-corrected chi connectivity index (χ4v) is 2.50. The molecule has 0 saturated carbocycles. The molecule has 23 heavy (non-hydrogen) atoms. The second kappa shape index (κ2) is 8.34. The number of halogens is 2. The van der Waals surface area contributed by atoms with Crippen LogP contribution in [0.15, 0.2) is 48.5 Å². The van der Waals surface area contributed by atoms with Gasteiger partial charge in [-0.25, -0.2) is 0 Å². The highest BCUT2D eigenvalue weighted by Gasteiger charge is 2.16. The van der Waals surface area contributed by atoms with Crippen molar-refractivity contribution in [2.75, 3.05) is 27.2 Å². The molecule has 0 saturated heterocycles. The zero-order valence-corrected chi connectivity index (χ0v) is 14.8. The molecule has 1 amide bonds. The molecule has 0 atom stereocenters. The minimum absolute atomic E-state index is 0.0238. The van der Waals surface area contributed by atoms with Crippen molar-refractivity contribution < 1.29 is 4.79 Å². The van der Waals surface area contributed by atoms with Crippen molar-refractivity contribution in [3.63, 3.8) is 0 Å². The number of benzene rings is 2. The molecule has 2 aromatic carbocycles. The first kappa shape index (κ1) is 17.8. The van der Waals surface area contributed by atoms with Crippen LogP contribution in [0.4, 0.5) is 0 Å². The Morgan fingerprint density at radius 3 is 2.26 bits per heavy atom. The topological polar surface area (TPSA) is 23.6 Å². The fraction of sp³-hybridized carbons (Fsp3) is 0.278. The zero-order chi connectivity index (χ0) is 16.8. The van der Waals surface area contributed by atoms with Crippen molar-refractivity contribution in [1.82, 2.24) is 9.80 Å². The third kappa shape index (κ3) is 5.54. The molecule has 0 spiro atoms. The summed E-state index contributed by atoms with van der Waals surface area (Å²) < 4.78 is 0. The second-order valence-corrected chi connectivity index (χ2v) is 6.54. The number of rotatable bonds is 6. The lowest BCUT2D eigenvalue weighted by Gasteiger charge is -2.25. The Morgan fingerprint density at radius 2 is 1.65 bits per heavy atom. The molecule has 3 nitrogen and oxygen atoms in total. The Kier molecular flexibility index (Phi) is 6.46. The molecule has 122 valence electrons. The highest BCUT2D eigenvalue weighted by Crippen LogP contribution is 2.16. The van der Waals surface area contributed by atoms with Crippen LogP contribution in [0.1, 0.15) is 15.9 Å². The van der Waals surface area contributed by atoms with E-state index in [9.17, 15) is 4.79 Å². The normalized spacial score (nSPS) is 10.8. The first-order valence-electron chi connectivity index (χ1n) is 7.40. The smallest absolute Gasteiger partial charge is 0.254 e. The molecule has 0 aliphatic heterocycles. The summed E-state index contributed by atoms with van der Waals surface area (Å²) in [6.07, 6.45) is 0. The number of carbonyl (C=O) groups excluding carboxylic acids is 1. The summed E-state index contributed by atoms with van der Waals surface area (Å²) in [5, 5.41) is 1.25. The summed E-state index contributed by atoms with van der Waals surface area (Å²) in [6.45, 7) is 1.97. The predicted octanol–water partition coefficient (Wildman–Crippen LogP) is 4.20. The Hall–Kier alpha value is -1.55. The highest BCUT2D eigenvalue weighted by molar-refractivity contribution is 6.31. The average molecular weight is 351 g/mol. The zero-order valence-electron chi connectivity index (χ0n) is 13.3. The molecule has 0 unspecified atom stereocenters. The molecule has 5 heteroatoms. The Bertz CT molecular complexity index is 656. The van der Waals surface area contributed by atoms with Gasteiger partial charge in [-0.2, -0.15) is 0 Å². The number of nitrogens with zero attached hydrogens (tertiary/aromatic N) is 2. The first-order chi connectivity index (χ1) is 11.0. The lowest BCUT2D eigenvalue weighted by Crippen LogP contribution is -2.36. The molecule has 0 radical (unpaired) electrons. The van der Waals surface area contributed by atoms with Gasteiger partial charge in [0, 0.05) is 35.2 Å². The third-order valence-corrected chi connectivity index (χ3v) is 3.95. The summed E-state index contributed by atoms with van der Waals surface area (Å²) in [6, 6.07) is 14.6. The number of amides is 1. The summed E-state index contributed by atoms with van der Waals surface area (Å²) in [4.78, 5) is 16.7. The molecular formula is C18H20Cl2N2O. The molecule has 0 heterocycles. The van der Waals surface area contributed by atoms with E-state index >= 15 is 0 Å². The molecule has 2 aromatic rings. The van der Waals surface area contributed by atoms with Gasteiger partial charge < -0.3 is 9.80 Å². The second-order valence-electron chi connectivity index (χ2n) is 5.67. The van der Waals surface area contributed by atoms with Crippen LogP contribution in [0, 0.1) is 0 Å². The minimum atomic E-state index is -0.0238. The van der Waals surface area contributed by atoms with Gasteiger partial charge >= 0.3 is 0 Å². The lowest BCUT2D eigenvalue weighted by atomic mass is 10.1. The molecule has 0 fully saturated rings. The molecule has 0 bridgehead atoms. The highest BCUT2D eigenvalue weighted by atomic mass is 35.5. The van der Waals surface area contributed by atoms with Gasteiger partial charge in [0.1, 0.15) is 0 Å².